The Kier molecular flexibility index (Phi) is 5.56. The SMILES string of the molecule is COc1ccc(C(=O)OC[C@@H]2C=CC[C@@H](n3cc(C)c(=O)[nH]c3=O)O2)cc1. The minimum atomic E-state index is -0.581. The number of benzene rings is 1. The summed E-state index contributed by atoms with van der Waals surface area (Å²) in [6, 6.07) is 6.58. The summed E-state index contributed by atoms with van der Waals surface area (Å²) in [4.78, 5) is 37.9. The predicted molar refractivity (Wildman–Crippen MR) is 97.0 cm³/mol. The second-order valence-electron chi connectivity index (χ2n) is 6.10. The number of nitrogens with one attached hydrogen (secondary N) is 1. The molecule has 2 atom stereocenters. The Morgan fingerprint density at radius 3 is 2.74 bits per heavy atom. The molecule has 8 heteroatoms. The number of hydrogen-bond acceptors (Lipinski definition) is 6. The highest BCUT2D eigenvalue weighted by atomic mass is 16.6. The molecule has 0 radical (unpaired) electrons. The zero-order chi connectivity index (χ0) is 19.4. The molecule has 0 amide bonds. The third-order valence-corrected chi connectivity index (χ3v) is 4.18. The molecule has 1 aromatic heterocycles. The van der Waals surface area contributed by atoms with E-state index in [0.29, 0.717) is 23.3 Å². The normalized spacial score (nSPS) is 18.9. The molecule has 3 rings (SSSR count). The van der Waals surface area contributed by atoms with Gasteiger partial charge in [-0.2, -0.15) is 0 Å². The molecule has 0 spiro atoms. The van der Waals surface area contributed by atoms with E-state index in [9.17, 15) is 14.4 Å². The van der Waals surface area contributed by atoms with Crippen molar-refractivity contribution in [1.29, 1.82) is 0 Å². The highest BCUT2D eigenvalue weighted by molar-refractivity contribution is 5.89. The van der Waals surface area contributed by atoms with Gasteiger partial charge in [0.15, 0.2) is 0 Å². The van der Waals surface area contributed by atoms with Gasteiger partial charge >= 0.3 is 11.7 Å². The van der Waals surface area contributed by atoms with Crippen molar-refractivity contribution in [3.05, 3.63) is 74.6 Å². The van der Waals surface area contributed by atoms with Gasteiger partial charge in [0.1, 0.15) is 24.7 Å². The molecule has 2 aromatic rings. The van der Waals surface area contributed by atoms with Gasteiger partial charge in [-0.15, -0.1) is 0 Å². The molecule has 0 unspecified atom stereocenters. The molecule has 27 heavy (non-hydrogen) atoms. The molecule has 0 aliphatic carbocycles. The number of rotatable bonds is 5. The van der Waals surface area contributed by atoms with E-state index >= 15 is 0 Å². The van der Waals surface area contributed by atoms with E-state index in [1.165, 1.54) is 10.8 Å². The fourth-order valence-electron chi connectivity index (χ4n) is 2.69. The largest absolute Gasteiger partial charge is 0.497 e. The van der Waals surface area contributed by atoms with Crippen LogP contribution in [0.15, 0.2) is 52.2 Å². The Morgan fingerprint density at radius 1 is 1.30 bits per heavy atom. The first kappa shape index (κ1) is 18.7. The van der Waals surface area contributed by atoms with Crippen LogP contribution in [0.1, 0.15) is 28.6 Å². The van der Waals surface area contributed by atoms with Gasteiger partial charge in [0.2, 0.25) is 0 Å². The minimum Gasteiger partial charge on any atom is -0.497 e. The lowest BCUT2D eigenvalue weighted by Crippen LogP contribution is -2.37. The van der Waals surface area contributed by atoms with Crippen LogP contribution in [0.5, 0.6) is 5.75 Å². The summed E-state index contributed by atoms with van der Waals surface area (Å²) < 4.78 is 17.5. The molecule has 1 N–H and O–H groups in total. The lowest BCUT2D eigenvalue weighted by molar-refractivity contribution is -0.0657. The van der Waals surface area contributed by atoms with Gasteiger partial charge in [-0.25, -0.2) is 9.59 Å². The van der Waals surface area contributed by atoms with Gasteiger partial charge in [-0.05, 0) is 31.2 Å². The number of aryl methyl sites for hydroxylation is 1. The van der Waals surface area contributed by atoms with Crippen LogP contribution in [0.2, 0.25) is 0 Å². The molecule has 1 aliphatic rings. The lowest BCUT2D eigenvalue weighted by atomic mass is 10.2. The first-order chi connectivity index (χ1) is 13.0. The first-order valence-corrected chi connectivity index (χ1v) is 8.43. The smallest absolute Gasteiger partial charge is 0.338 e. The van der Waals surface area contributed by atoms with Crippen LogP contribution in [0.3, 0.4) is 0 Å². The molecule has 0 saturated heterocycles. The Morgan fingerprint density at radius 2 is 2.04 bits per heavy atom. The number of H-pyrrole nitrogens is 1. The molecule has 0 fully saturated rings. The number of aromatic amines is 1. The Hall–Kier alpha value is -3.13. The molecule has 8 nitrogen and oxygen atoms in total. The number of nitrogens with zero attached hydrogens (tertiary/aromatic N) is 1. The predicted octanol–water partition coefficient (Wildman–Crippen LogP) is 1.55. The summed E-state index contributed by atoms with van der Waals surface area (Å²) in [6.45, 7) is 1.62. The van der Waals surface area contributed by atoms with Gasteiger partial charge in [-0.1, -0.05) is 12.2 Å². The Bertz CT molecular complexity index is 957. The van der Waals surface area contributed by atoms with E-state index in [4.69, 9.17) is 14.2 Å². The fraction of sp³-hybridized carbons (Fsp3) is 0.316. The molecular formula is C19H20N2O6. The average Bonchev–Trinajstić information content (AvgIpc) is 2.69. The highest BCUT2D eigenvalue weighted by Crippen LogP contribution is 2.21. The van der Waals surface area contributed by atoms with Crippen LogP contribution in [0, 0.1) is 6.92 Å². The van der Waals surface area contributed by atoms with Crippen LogP contribution in [-0.2, 0) is 9.47 Å². The van der Waals surface area contributed by atoms with Crippen molar-refractivity contribution in [3.8, 4) is 5.75 Å². The van der Waals surface area contributed by atoms with Gasteiger partial charge in [-0.3, -0.25) is 14.3 Å². The minimum absolute atomic E-state index is 0.00888. The third-order valence-electron chi connectivity index (χ3n) is 4.18. The molecule has 0 saturated carbocycles. The lowest BCUT2D eigenvalue weighted by Gasteiger charge is -2.27. The summed E-state index contributed by atoms with van der Waals surface area (Å²) in [5, 5.41) is 0. The summed E-state index contributed by atoms with van der Waals surface area (Å²) >= 11 is 0. The van der Waals surface area contributed by atoms with Crippen LogP contribution in [0.4, 0.5) is 0 Å². The number of hydrogen-bond donors (Lipinski definition) is 1. The fourth-order valence-corrected chi connectivity index (χ4v) is 2.69. The van der Waals surface area contributed by atoms with Crippen molar-refractivity contribution >= 4 is 5.97 Å². The maximum absolute atomic E-state index is 12.1. The molecule has 2 heterocycles. The summed E-state index contributed by atoms with van der Waals surface area (Å²) in [6.07, 6.45) is 4.49. The van der Waals surface area contributed by atoms with Crippen LogP contribution in [0.25, 0.3) is 0 Å². The second-order valence-corrected chi connectivity index (χ2v) is 6.10. The summed E-state index contributed by atoms with van der Waals surface area (Å²) in [7, 11) is 1.55. The number of esters is 1. The van der Waals surface area contributed by atoms with E-state index < -0.39 is 29.6 Å². The van der Waals surface area contributed by atoms with E-state index in [-0.39, 0.29) is 6.61 Å². The quantitative estimate of drug-likeness (QED) is 0.632. The van der Waals surface area contributed by atoms with Gasteiger partial charge in [0.25, 0.3) is 5.56 Å². The number of aromatic nitrogens is 2. The van der Waals surface area contributed by atoms with Crippen LogP contribution >= 0.6 is 0 Å². The van der Waals surface area contributed by atoms with E-state index in [1.807, 2.05) is 6.08 Å². The number of carbonyl (C=O) groups excluding carboxylic acids is 1. The maximum Gasteiger partial charge on any atom is 0.338 e. The zero-order valence-electron chi connectivity index (χ0n) is 15.0. The monoisotopic (exact) mass is 372 g/mol. The van der Waals surface area contributed by atoms with Crippen molar-refractivity contribution in [2.24, 2.45) is 0 Å². The number of ether oxygens (including phenoxy) is 3. The van der Waals surface area contributed by atoms with Crippen LogP contribution < -0.4 is 16.0 Å². The Balaban J connectivity index is 1.63. The van der Waals surface area contributed by atoms with Crippen molar-refractivity contribution in [3.63, 3.8) is 0 Å². The van der Waals surface area contributed by atoms with Crippen LogP contribution in [-0.4, -0.2) is 35.3 Å². The van der Waals surface area contributed by atoms with E-state index in [0.717, 1.165) is 0 Å². The molecular weight excluding hydrogens is 352 g/mol. The third kappa shape index (κ3) is 4.35. The number of carbonyl (C=O) groups is 1. The highest BCUT2D eigenvalue weighted by Gasteiger charge is 2.22. The maximum atomic E-state index is 12.1. The Labute approximate surface area is 155 Å². The second kappa shape index (κ2) is 8.05. The van der Waals surface area contributed by atoms with Gasteiger partial charge < -0.3 is 14.2 Å². The molecule has 142 valence electrons. The first-order valence-electron chi connectivity index (χ1n) is 8.43. The van der Waals surface area contributed by atoms with Crippen molar-refractivity contribution in [2.75, 3.05) is 13.7 Å². The van der Waals surface area contributed by atoms with Crippen molar-refractivity contribution < 1.29 is 19.0 Å². The van der Waals surface area contributed by atoms with Crippen molar-refractivity contribution in [2.45, 2.75) is 25.7 Å². The molecule has 1 aliphatic heterocycles. The van der Waals surface area contributed by atoms with Gasteiger partial charge in [0, 0.05) is 18.2 Å². The van der Waals surface area contributed by atoms with E-state index in [1.54, 1.807) is 44.4 Å². The standard InChI is InChI=1S/C19H20N2O6/c1-12-10-21(19(24)20-17(12)22)16-5-3-4-15(27-16)11-26-18(23)13-6-8-14(25-2)9-7-13/h3-4,6-10,15-16H,5,11H2,1-2H3,(H,20,22,24)/t15-,16-/m0/s1. The summed E-state index contributed by atoms with van der Waals surface area (Å²) in [5.74, 6) is 0.170. The molecule has 1 aromatic carbocycles. The number of methoxy groups -OCH3 is 1. The summed E-state index contributed by atoms with van der Waals surface area (Å²) in [5.41, 5.74) is -0.151. The topological polar surface area (TPSA) is 99.6 Å². The average molecular weight is 372 g/mol. The zero-order valence-corrected chi connectivity index (χ0v) is 15.0. The van der Waals surface area contributed by atoms with Gasteiger partial charge in [0.05, 0.1) is 12.7 Å². The van der Waals surface area contributed by atoms with Crippen molar-refractivity contribution in [1.82, 2.24) is 9.55 Å². The van der Waals surface area contributed by atoms with E-state index in [2.05, 4.69) is 4.98 Å². The molecule has 0 bridgehead atoms.